The minimum absolute atomic E-state index is 0.0456. The second-order valence-corrected chi connectivity index (χ2v) is 4.90. The summed E-state index contributed by atoms with van der Waals surface area (Å²) in [4.78, 5) is 11.8. The second kappa shape index (κ2) is 7.75. The summed E-state index contributed by atoms with van der Waals surface area (Å²) < 4.78 is 10.4. The van der Waals surface area contributed by atoms with Crippen molar-refractivity contribution in [2.45, 2.75) is 32.2 Å². The van der Waals surface area contributed by atoms with Crippen LogP contribution in [0.1, 0.15) is 26.7 Å². The molecule has 20 heavy (non-hydrogen) atoms. The number of methoxy groups -OCH3 is 1. The molecule has 1 amide bonds. The van der Waals surface area contributed by atoms with Crippen LogP contribution in [-0.2, 0) is 4.79 Å². The zero-order valence-corrected chi connectivity index (χ0v) is 12.3. The summed E-state index contributed by atoms with van der Waals surface area (Å²) in [7, 11) is 1.59. The molecule has 1 unspecified atom stereocenters. The van der Waals surface area contributed by atoms with E-state index in [-0.39, 0.29) is 19.1 Å². The van der Waals surface area contributed by atoms with Crippen LogP contribution >= 0.6 is 0 Å². The largest absolute Gasteiger partial charge is 0.497 e. The van der Waals surface area contributed by atoms with Gasteiger partial charge in [0.05, 0.1) is 7.11 Å². The van der Waals surface area contributed by atoms with Crippen LogP contribution in [0.15, 0.2) is 24.3 Å². The van der Waals surface area contributed by atoms with Gasteiger partial charge in [-0.25, -0.2) is 0 Å². The van der Waals surface area contributed by atoms with Gasteiger partial charge in [0.2, 0.25) is 0 Å². The number of carbonyl (C=O) groups is 1. The van der Waals surface area contributed by atoms with Crippen molar-refractivity contribution < 1.29 is 19.4 Å². The average Bonchev–Trinajstić information content (AvgIpc) is 2.46. The van der Waals surface area contributed by atoms with Crippen LogP contribution in [-0.4, -0.2) is 36.9 Å². The van der Waals surface area contributed by atoms with Crippen molar-refractivity contribution in [3.8, 4) is 11.5 Å². The summed E-state index contributed by atoms with van der Waals surface area (Å²) in [5.74, 6) is 1.16. The number of aliphatic hydroxyl groups excluding tert-OH is 1. The molecular weight excluding hydrogens is 258 g/mol. The fourth-order valence-corrected chi connectivity index (χ4v) is 1.77. The van der Waals surface area contributed by atoms with E-state index in [1.807, 2.05) is 13.8 Å². The Kier molecular flexibility index (Phi) is 6.31. The van der Waals surface area contributed by atoms with Crippen molar-refractivity contribution >= 4 is 5.91 Å². The van der Waals surface area contributed by atoms with E-state index in [1.54, 1.807) is 31.4 Å². The van der Waals surface area contributed by atoms with Gasteiger partial charge in [-0.15, -0.1) is 0 Å². The lowest BCUT2D eigenvalue weighted by molar-refractivity contribution is -0.125. The molecule has 1 atom stereocenters. The van der Waals surface area contributed by atoms with Crippen molar-refractivity contribution in [2.75, 3.05) is 20.3 Å². The van der Waals surface area contributed by atoms with Crippen LogP contribution in [0.3, 0.4) is 0 Å². The monoisotopic (exact) mass is 281 g/mol. The zero-order chi connectivity index (χ0) is 15.0. The number of rotatable bonds is 8. The van der Waals surface area contributed by atoms with E-state index in [9.17, 15) is 4.79 Å². The van der Waals surface area contributed by atoms with Gasteiger partial charge in [0, 0.05) is 12.1 Å². The highest BCUT2D eigenvalue weighted by molar-refractivity contribution is 5.78. The van der Waals surface area contributed by atoms with Crippen LogP contribution in [0, 0.1) is 0 Å². The maximum Gasteiger partial charge on any atom is 0.258 e. The summed E-state index contributed by atoms with van der Waals surface area (Å²) >= 11 is 0. The lowest BCUT2D eigenvalue weighted by Crippen LogP contribution is -2.47. The van der Waals surface area contributed by atoms with Gasteiger partial charge in [0.1, 0.15) is 11.5 Å². The van der Waals surface area contributed by atoms with Gasteiger partial charge in [-0.05, 0) is 44.0 Å². The molecule has 0 heterocycles. The van der Waals surface area contributed by atoms with Gasteiger partial charge >= 0.3 is 0 Å². The first-order valence-electron chi connectivity index (χ1n) is 6.71. The average molecular weight is 281 g/mol. The lowest BCUT2D eigenvalue weighted by atomic mass is 9.95. The Bertz CT molecular complexity index is 418. The van der Waals surface area contributed by atoms with Crippen LogP contribution < -0.4 is 14.8 Å². The third-order valence-corrected chi connectivity index (χ3v) is 3.31. The standard InChI is InChI=1S/C15H23NO4/c1-4-15(2,9-10-17)16-14(18)11-20-13-7-5-12(19-3)6-8-13/h5-8,17H,4,9-11H2,1-3H3,(H,16,18). The molecule has 0 spiro atoms. The number of hydrogen-bond donors (Lipinski definition) is 2. The topological polar surface area (TPSA) is 67.8 Å². The lowest BCUT2D eigenvalue weighted by Gasteiger charge is -2.28. The quantitative estimate of drug-likeness (QED) is 0.761. The van der Waals surface area contributed by atoms with Crippen LogP contribution in [0.25, 0.3) is 0 Å². The van der Waals surface area contributed by atoms with Gasteiger partial charge < -0.3 is 19.9 Å². The normalized spacial score (nSPS) is 13.4. The van der Waals surface area contributed by atoms with Gasteiger partial charge in [-0.3, -0.25) is 4.79 Å². The Hall–Kier alpha value is -1.75. The number of aliphatic hydroxyl groups is 1. The molecule has 0 aliphatic carbocycles. The maximum absolute atomic E-state index is 11.8. The molecule has 0 aromatic heterocycles. The highest BCUT2D eigenvalue weighted by Gasteiger charge is 2.23. The zero-order valence-electron chi connectivity index (χ0n) is 12.3. The van der Waals surface area contributed by atoms with E-state index < -0.39 is 5.54 Å². The van der Waals surface area contributed by atoms with E-state index in [4.69, 9.17) is 14.6 Å². The molecule has 1 aromatic carbocycles. The maximum atomic E-state index is 11.8. The highest BCUT2D eigenvalue weighted by Crippen LogP contribution is 2.17. The summed E-state index contributed by atoms with van der Waals surface area (Å²) in [5, 5.41) is 11.9. The van der Waals surface area contributed by atoms with Crippen LogP contribution in [0.4, 0.5) is 0 Å². The van der Waals surface area contributed by atoms with E-state index in [2.05, 4.69) is 5.32 Å². The number of benzene rings is 1. The predicted molar refractivity (Wildman–Crippen MR) is 77.0 cm³/mol. The molecule has 0 saturated carbocycles. The summed E-state index contributed by atoms with van der Waals surface area (Å²) in [6.45, 7) is 3.88. The molecule has 0 aliphatic rings. The molecule has 112 valence electrons. The molecule has 0 radical (unpaired) electrons. The fraction of sp³-hybridized carbons (Fsp3) is 0.533. The van der Waals surface area contributed by atoms with Crippen molar-refractivity contribution in [3.05, 3.63) is 24.3 Å². The Morgan fingerprint density at radius 2 is 1.90 bits per heavy atom. The molecule has 0 saturated heterocycles. The van der Waals surface area contributed by atoms with E-state index >= 15 is 0 Å². The van der Waals surface area contributed by atoms with Crippen molar-refractivity contribution in [1.82, 2.24) is 5.32 Å². The van der Waals surface area contributed by atoms with Gasteiger partial charge in [-0.1, -0.05) is 6.92 Å². The first-order chi connectivity index (χ1) is 9.53. The Balaban J connectivity index is 2.45. The Morgan fingerprint density at radius 1 is 1.30 bits per heavy atom. The number of carbonyl (C=O) groups excluding carboxylic acids is 1. The molecule has 0 fully saturated rings. The van der Waals surface area contributed by atoms with Crippen LogP contribution in [0.2, 0.25) is 0 Å². The first kappa shape index (κ1) is 16.3. The first-order valence-corrected chi connectivity index (χ1v) is 6.71. The highest BCUT2D eigenvalue weighted by atomic mass is 16.5. The SMILES string of the molecule is CCC(C)(CCO)NC(=O)COc1ccc(OC)cc1. The van der Waals surface area contributed by atoms with E-state index in [1.165, 1.54) is 0 Å². The van der Waals surface area contributed by atoms with E-state index in [0.29, 0.717) is 12.2 Å². The molecule has 5 heteroatoms. The number of nitrogens with one attached hydrogen (secondary N) is 1. The van der Waals surface area contributed by atoms with E-state index in [0.717, 1.165) is 12.2 Å². The number of ether oxygens (including phenoxy) is 2. The minimum atomic E-state index is -0.394. The molecule has 1 rings (SSSR count). The third-order valence-electron chi connectivity index (χ3n) is 3.31. The third kappa shape index (κ3) is 5.09. The van der Waals surface area contributed by atoms with Crippen LogP contribution in [0.5, 0.6) is 11.5 Å². The smallest absolute Gasteiger partial charge is 0.258 e. The van der Waals surface area contributed by atoms with Crippen molar-refractivity contribution in [2.24, 2.45) is 0 Å². The van der Waals surface area contributed by atoms with Gasteiger partial charge in [0.25, 0.3) is 5.91 Å². The summed E-state index contributed by atoms with van der Waals surface area (Å²) in [5.41, 5.74) is -0.394. The summed E-state index contributed by atoms with van der Waals surface area (Å²) in [6.07, 6.45) is 1.28. The Morgan fingerprint density at radius 3 is 2.40 bits per heavy atom. The molecular formula is C15H23NO4. The molecule has 0 aliphatic heterocycles. The minimum Gasteiger partial charge on any atom is -0.497 e. The molecule has 0 bridgehead atoms. The fourth-order valence-electron chi connectivity index (χ4n) is 1.77. The molecule has 2 N–H and O–H groups in total. The van der Waals surface area contributed by atoms with Gasteiger partial charge in [-0.2, -0.15) is 0 Å². The second-order valence-electron chi connectivity index (χ2n) is 4.90. The molecule has 1 aromatic rings. The Labute approximate surface area is 119 Å². The predicted octanol–water partition coefficient (Wildman–Crippen LogP) is 1.74. The number of amides is 1. The van der Waals surface area contributed by atoms with Crippen molar-refractivity contribution in [1.29, 1.82) is 0 Å². The van der Waals surface area contributed by atoms with Gasteiger partial charge in [0.15, 0.2) is 6.61 Å². The van der Waals surface area contributed by atoms with Crippen molar-refractivity contribution in [3.63, 3.8) is 0 Å². The number of hydrogen-bond acceptors (Lipinski definition) is 4. The summed E-state index contributed by atoms with van der Waals surface area (Å²) in [6, 6.07) is 7.04. The molecule has 5 nitrogen and oxygen atoms in total.